The largest absolute Gasteiger partial charge is 0.478 e. The summed E-state index contributed by atoms with van der Waals surface area (Å²) in [5.74, 6) is -0.599. The zero-order valence-electron chi connectivity index (χ0n) is 14.8. The first kappa shape index (κ1) is 17.9. The van der Waals surface area contributed by atoms with E-state index < -0.39 is 5.97 Å². The highest BCUT2D eigenvalue weighted by Gasteiger charge is 2.12. The normalized spacial score (nSPS) is 10.8. The van der Waals surface area contributed by atoms with Crippen LogP contribution in [-0.4, -0.2) is 21.0 Å². The molecule has 0 aliphatic heterocycles. The van der Waals surface area contributed by atoms with Crippen LogP contribution in [-0.2, 0) is 6.42 Å². The number of benzene rings is 3. The van der Waals surface area contributed by atoms with Crippen molar-refractivity contribution in [2.45, 2.75) is 6.42 Å². The first-order chi connectivity index (χ1) is 13.6. The minimum absolute atomic E-state index is 0.186. The number of hydrogen-bond donors (Lipinski definition) is 2. The molecule has 1 heterocycles. The number of carboxylic acids is 1. The molecule has 3 aromatic carbocycles. The number of fused-ring (bicyclic) bond motifs is 1. The Labute approximate surface area is 166 Å². The molecule has 4 rings (SSSR count). The molecule has 28 heavy (non-hydrogen) atoms. The molecule has 4 aromatic rings. The van der Waals surface area contributed by atoms with Gasteiger partial charge < -0.3 is 10.4 Å². The van der Waals surface area contributed by atoms with Crippen molar-refractivity contribution in [1.82, 2.24) is 9.97 Å². The number of aromatic nitrogens is 2. The van der Waals surface area contributed by atoms with E-state index in [1.165, 1.54) is 0 Å². The molecule has 0 radical (unpaired) electrons. The van der Waals surface area contributed by atoms with Crippen molar-refractivity contribution in [2.24, 2.45) is 0 Å². The summed E-state index contributed by atoms with van der Waals surface area (Å²) >= 11 is 6.05. The average Bonchev–Trinajstić information content (AvgIpc) is 2.68. The highest BCUT2D eigenvalue weighted by atomic mass is 35.5. The van der Waals surface area contributed by atoms with Crippen molar-refractivity contribution in [1.29, 1.82) is 0 Å². The van der Waals surface area contributed by atoms with Crippen LogP contribution in [0.2, 0.25) is 5.02 Å². The molecule has 0 aliphatic carbocycles. The fraction of sp³-hybridized carbons (Fsp3) is 0.0455. The number of carbonyl (C=O) groups is 1. The smallest absolute Gasteiger partial charge is 0.335 e. The van der Waals surface area contributed by atoms with E-state index >= 15 is 0 Å². The van der Waals surface area contributed by atoms with Gasteiger partial charge in [-0.05, 0) is 35.9 Å². The molecule has 138 valence electrons. The maximum atomic E-state index is 11.4. The third-order valence-corrected chi connectivity index (χ3v) is 4.55. The molecule has 0 atom stereocenters. The van der Waals surface area contributed by atoms with E-state index in [4.69, 9.17) is 11.6 Å². The first-order valence-corrected chi connectivity index (χ1v) is 9.07. The van der Waals surface area contributed by atoms with Gasteiger partial charge in [-0.3, -0.25) is 0 Å². The van der Waals surface area contributed by atoms with Crippen LogP contribution in [0.5, 0.6) is 0 Å². The minimum Gasteiger partial charge on any atom is -0.478 e. The van der Waals surface area contributed by atoms with Crippen molar-refractivity contribution in [3.63, 3.8) is 0 Å². The maximum Gasteiger partial charge on any atom is 0.335 e. The second-order valence-electron chi connectivity index (χ2n) is 6.33. The van der Waals surface area contributed by atoms with Crippen molar-refractivity contribution >= 4 is 40.1 Å². The summed E-state index contributed by atoms with van der Waals surface area (Å²) in [6.07, 6.45) is 0.608. The van der Waals surface area contributed by atoms with E-state index in [9.17, 15) is 9.90 Å². The van der Waals surface area contributed by atoms with Crippen molar-refractivity contribution in [2.75, 3.05) is 5.32 Å². The molecule has 0 spiro atoms. The van der Waals surface area contributed by atoms with Gasteiger partial charge in [0.15, 0.2) is 0 Å². The van der Waals surface area contributed by atoms with E-state index in [0.717, 1.165) is 22.3 Å². The molecule has 6 heteroatoms. The number of hydrogen-bond acceptors (Lipinski definition) is 4. The number of rotatable bonds is 5. The Morgan fingerprint density at radius 1 is 0.964 bits per heavy atom. The second-order valence-corrected chi connectivity index (χ2v) is 6.77. The topological polar surface area (TPSA) is 75.1 Å². The van der Waals surface area contributed by atoms with E-state index in [1.807, 2.05) is 42.5 Å². The van der Waals surface area contributed by atoms with Crippen LogP contribution in [0.3, 0.4) is 0 Å². The zero-order valence-corrected chi connectivity index (χ0v) is 15.5. The van der Waals surface area contributed by atoms with Gasteiger partial charge in [0.25, 0.3) is 0 Å². The van der Waals surface area contributed by atoms with Crippen LogP contribution in [0.15, 0.2) is 72.8 Å². The fourth-order valence-electron chi connectivity index (χ4n) is 3.00. The van der Waals surface area contributed by atoms with Crippen LogP contribution < -0.4 is 5.32 Å². The molecule has 0 amide bonds. The van der Waals surface area contributed by atoms with Crippen molar-refractivity contribution in [3.05, 3.63) is 94.6 Å². The molecule has 2 N–H and O–H groups in total. The average molecular weight is 390 g/mol. The SMILES string of the molecule is O=C(O)c1ccc2c(Cc3ccccc3)nc(Nc3cccc(Cl)c3)nc2c1. The molecule has 0 bridgehead atoms. The standard InChI is InChI=1S/C22H16ClN3O2/c23-16-7-4-8-17(13-16)24-22-25-19(11-14-5-2-1-3-6-14)18-10-9-15(21(27)28)12-20(18)26-22/h1-10,12-13H,11H2,(H,27,28)(H,24,25,26). The van der Waals surface area contributed by atoms with Crippen LogP contribution in [0.25, 0.3) is 10.9 Å². The number of carboxylic acid groups (broad SMARTS) is 1. The molecule has 0 unspecified atom stereocenters. The van der Waals surface area contributed by atoms with E-state index in [2.05, 4.69) is 15.3 Å². The predicted octanol–water partition coefficient (Wildman–Crippen LogP) is 5.32. The summed E-state index contributed by atoms with van der Waals surface area (Å²) in [7, 11) is 0. The third-order valence-electron chi connectivity index (χ3n) is 4.32. The van der Waals surface area contributed by atoms with Crippen LogP contribution >= 0.6 is 11.6 Å². The van der Waals surface area contributed by atoms with E-state index in [-0.39, 0.29) is 5.56 Å². The minimum atomic E-state index is -0.991. The summed E-state index contributed by atoms with van der Waals surface area (Å²) in [6.45, 7) is 0. The lowest BCUT2D eigenvalue weighted by atomic mass is 10.0. The summed E-state index contributed by atoms with van der Waals surface area (Å²) < 4.78 is 0. The van der Waals surface area contributed by atoms with Gasteiger partial charge in [-0.1, -0.05) is 54.1 Å². The molecule has 1 aromatic heterocycles. The van der Waals surface area contributed by atoms with Crippen LogP contribution in [0.1, 0.15) is 21.6 Å². The molecule has 5 nitrogen and oxygen atoms in total. The van der Waals surface area contributed by atoms with Crippen LogP contribution in [0.4, 0.5) is 11.6 Å². The second kappa shape index (κ2) is 7.66. The monoisotopic (exact) mass is 389 g/mol. The molecule has 0 saturated carbocycles. The highest BCUT2D eigenvalue weighted by molar-refractivity contribution is 6.30. The number of halogens is 1. The molecule has 0 saturated heterocycles. The van der Waals surface area contributed by atoms with Gasteiger partial charge in [-0.15, -0.1) is 0 Å². The van der Waals surface area contributed by atoms with Crippen molar-refractivity contribution in [3.8, 4) is 0 Å². The first-order valence-electron chi connectivity index (χ1n) is 8.69. The van der Waals surface area contributed by atoms with Gasteiger partial charge in [-0.2, -0.15) is 0 Å². The molecular weight excluding hydrogens is 374 g/mol. The summed E-state index contributed by atoms with van der Waals surface area (Å²) in [5.41, 5.74) is 3.44. The Bertz CT molecular complexity index is 1160. The van der Waals surface area contributed by atoms with Gasteiger partial charge in [0.1, 0.15) is 0 Å². The Hall–Kier alpha value is -3.44. The van der Waals surface area contributed by atoms with Gasteiger partial charge in [0, 0.05) is 22.5 Å². The highest BCUT2D eigenvalue weighted by Crippen LogP contribution is 2.24. The maximum absolute atomic E-state index is 11.4. The molecule has 0 fully saturated rings. The fourth-order valence-corrected chi connectivity index (χ4v) is 3.19. The van der Waals surface area contributed by atoms with Gasteiger partial charge in [0.05, 0.1) is 16.8 Å². The quantitative estimate of drug-likeness (QED) is 0.483. The Kier molecular flexibility index (Phi) is 4.91. The lowest BCUT2D eigenvalue weighted by molar-refractivity contribution is 0.0697. The third kappa shape index (κ3) is 3.94. The molecule has 0 aliphatic rings. The number of nitrogens with zero attached hydrogens (tertiary/aromatic N) is 2. The van der Waals surface area contributed by atoms with Gasteiger partial charge >= 0.3 is 5.97 Å². The van der Waals surface area contributed by atoms with E-state index in [0.29, 0.717) is 22.9 Å². The Morgan fingerprint density at radius 2 is 1.79 bits per heavy atom. The number of nitrogens with one attached hydrogen (secondary N) is 1. The predicted molar refractivity (Wildman–Crippen MR) is 110 cm³/mol. The Balaban J connectivity index is 1.81. The molecular formula is C22H16ClN3O2. The lowest BCUT2D eigenvalue weighted by Gasteiger charge is -2.11. The lowest BCUT2D eigenvalue weighted by Crippen LogP contribution is -2.04. The van der Waals surface area contributed by atoms with Crippen molar-refractivity contribution < 1.29 is 9.90 Å². The van der Waals surface area contributed by atoms with Gasteiger partial charge in [-0.25, -0.2) is 14.8 Å². The van der Waals surface area contributed by atoms with Gasteiger partial charge in [0.2, 0.25) is 5.95 Å². The van der Waals surface area contributed by atoms with Crippen LogP contribution in [0, 0.1) is 0 Å². The number of aromatic carboxylic acids is 1. The Morgan fingerprint density at radius 3 is 2.54 bits per heavy atom. The summed E-state index contributed by atoms with van der Waals surface area (Å²) in [4.78, 5) is 20.6. The zero-order chi connectivity index (χ0) is 19.5. The summed E-state index contributed by atoms with van der Waals surface area (Å²) in [6, 6.07) is 22.2. The van der Waals surface area contributed by atoms with E-state index in [1.54, 1.807) is 30.3 Å². The number of anilines is 2. The summed E-state index contributed by atoms with van der Waals surface area (Å²) in [5, 5.41) is 13.9.